The van der Waals surface area contributed by atoms with Crippen molar-refractivity contribution in [1.29, 1.82) is 5.53 Å². The van der Waals surface area contributed by atoms with Crippen LogP contribution in [0.5, 0.6) is 5.75 Å². The number of ether oxygens (including phenoxy) is 1. The first kappa shape index (κ1) is 25.6. The molecule has 0 aliphatic carbocycles. The van der Waals surface area contributed by atoms with E-state index in [9.17, 15) is 18.7 Å². The first-order valence-electron chi connectivity index (χ1n) is 9.83. The lowest BCUT2D eigenvalue weighted by Gasteiger charge is -2.10. The molecule has 0 saturated carbocycles. The molecule has 0 heterocycles. The van der Waals surface area contributed by atoms with E-state index in [-0.39, 0.29) is 60.0 Å². The summed E-state index contributed by atoms with van der Waals surface area (Å²) < 4.78 is 33.5. The third-order valence-electron chi connectivity index (χ3n) is 4.30. The van der Waals surface area contributed by atoms with Gasteiger partial charge in [0, 0.05) is 25.2 Å². The maximum Gasteiger partial charge on any atom is 0.256 e. The lowest BCUT2D eigenvalue weighted by Crippen LogP contribution is -2.71. The standard InChI is InChI=1S/C21H24F2N6O3S/c1-32-21(33)28-12-15(29-24)11-27-14-9-17(22)20(18(23)10-14)26-6-5-25-19(31)8-13-3-2-4-16(30)7-13/h2-4,7,9-11,24,26-27,30H,5-6,8,12H2,1H3,(H,25,31)(H,28,33)/p+1/b15-11-,29-24?. The molecule has 0 aliphatic heterocycles. The van der Waals surface area contributed by atoms with E-state index in [0.717, 1.165) is 12.1 Å². The van der Waals surface area contributed by atoms with Crippen LogP contribution in [0.1, 0.15) is 5.56 Å². The fraction of sp³-hybridized carbons (Fsp3) is 0.238. The van der Waals surface area contributed by atoms with Crippen molar-refractivity contribution in [3.05, 3.63) is 65.5 Å². The first-order valence-corrected chi connectivity index (χ1v) is 10.2. The Morgan fingerprint density at radius 2 is 1.97 bits per heavy atom. The molecule has 0 saturated heterocycles. The molecular weight excluding hydrogens is 454 g/mol. The van der Waals surface area contributed by atoms with Gasteiger partial charge >= 0.3 is 0 Å². The molecule has 0 fully saturated rings. The lowest BCUT2D eigenvalue weighted by molar-refractivity contribution is -0.497. The van der Waals surface area contributed by atoms with Crippen molar-refractivity contribution in [2.24, 2.45) is 5.11 Å². The van der Waals surface area contributed by atoms with Crippen molar-refractivity contribution >= 4 is 34.7 Å². The van der Waals surface area contributed by atoms with Crippen LogP contribution in [0.2, 0.25) is 0 Å². The molecule has 176 valence electrons. The number of aromatic hydroxyl groups is 1. The fourth-order valence-electron chi connectivity index (χ4n) is 2.72. The van der Waals surface area contributed by atoms with Gasteiger partial charge in [-0.3, -0.25) is 10.1 Å². The Hall–Kier alpha value is -3.64. The molecule has 1 amide bonds. The topological polar surface area (TPSA) is 135 Å². The van der Waals surface area contributed by atoms with Crippen molar-refractivity contribution < 1.29 is 28.7 Å². The van der Waals surface area contributed by atoms with Crippen molar-refractivity contribution in [2.75, 3.05) is 32.1 Å². The zero-order valence-corrected chi connectivity index (χ0v) is 18.6. The number of nitrogens with zero attached hydrogens (tertiary/aromatic N) is 1. The van der Waals surface area contributed by atoms with Gasteiger partial charge in [0.1, 0.15) is 29.0 Å². The molecule has 0 aliphatic rings. The van der Waals surface area contributed by atoms with E-state index in [1.807, 2.05) is 0 Å². The number of quaternary nitrogens is 1. The van der Waals surface area contributed by atoms with Crippen LogP contribution < -0.4 is 21.3 Å². The smallest absolute Gasteiger partial charge is 0.256 e. The number of carbonyl (C=O) groups excluding carboxylic acids is 1. The van der Waals surface area contributed by atoms with Gasteiger partial charge in [-0.15, -0.1) is 0 Å². The van der Waals surface area contributed by atoms with E-state index < -0.39 is 11.6 Å². The molecule has 2 rings (SSSR count). The molecule has 0 bridgehead atoms. The summed E-state index contributed by atoms with van der Waals surface area (Å²) >= 11 is 4.83. The normalized spacial score (nSPS) is 10.9. The van der Waals surface area contributed by atoms with Crippen LogP contribution >= 0.6 is 12.2 Å². The minimum atomic E-state index is -0.802. The number of methoxy groups -OCH3 is 1. The predicted molar refractivity (Wildman–Crippen MR) is 122 cm³/mol. The van der Waals surface area contributed by atoms with Crippen LogP contribution in [0.25, 0.3) is 0 Å². The van der Waals surface area contributed by atoms with Crippen LogP contribution in [-0.4, -0.2) is 42.9 Å². The fourth-order valence-corrected chi connectivity index (χ4v) is 2.80. The maximum atomic E-state index is 14.4. The first-order chi connectivity index (χ1) is 15.8. The monoisotopic (exact) mass is 479 g/mol. The van der Waals surface area contributed by atoms with Gasteiger partial charge in [-0.05, 0) is 29.9 Å². The summed E-state index contributed by atoms with van der Waals surface area (Å²) in [6, 6.07) is 8.62. The van der Waals surface area contributed by atoms with Gasteiger partial charge < -0.3 is 25.8 Å². The summed E-state index contributed by atoms with van der Waals surface area (Å²) in [6.45, 7) is 0.377. The number of rotatable bonds is 11. The van der Waals surface area contributed by atoms with Crippen LogP contribution in [-0.2, 0) is 16.0 Å². The summed E-state index contributed by atoms with van der Waals surface area (Å²) in [5, 5.41) is 22.3. The van der Waals surface area contributed by atoms with Crippen molar-refractivity contribution in [2.45, 2.75) is 6.42 Å². The highest BCUT2D eigenvalue weighted by Crippen LogP contribution is 2.21. The zero-order chi connectivity index (χ0) is 24.2. The van der Waals surface area contributed by atoms with Crippen LogP contribution in [0.15, 0.2) is 53.4 Å². The third kappa shape index (κ3) is 8.79. The Morgan fingerprint density at radius 3 is 2.61 bits per heavy atom. The van der Waals surface area contributed by atoms with Crippen molar-refractivity contribution in [3.63, 3.8) is 0 Å². The van der Waals surface area contributed by atoms with E-state index in [4.69, 9.17) is 22.5 Å². The number of anilines is 1. The van der Waals surface area contributed by atoms with Gasteiger partial charge in [-0.25, -0.2) is 14.3 Å². The number of phenols is 1. The Morgan fingerprint density at radius 1 is 1.24 bits per heavy atom. The average molecular weight is 480 g/mol. The van der Waals surface area contributed by atoms with E-state index in [1.54, 1.807) is 12.1 Å². The van der Waals surface area contributed by atoms with E-state index in [0.29, 0.717) is 5.56 Å². The summed E-state index contributed by atoms with van der Waals surface area (Å²) in [5.74, 6) is -1.81. The van der Waals surface area contributed by atoms with Crippen LogP contribution in [0, 0.1) is 17.2 Å². The zero-order valence-electron chi connectivity index (χ0n) is 17.8. The Kier molecular flexibility index (Phi) is 10.1. The number of hydrogen-bond acceptors (Lipinski definition) is 7. The van der Waals surface area contributed by atoms with E-state index in [2.05, 4.69) is 21.1 Å². The lowest BCUT2D eigenvalue weighted by atomic mass is 10.1. The molecule has 12 heteroatoms. The SMILES string of the molecule is COC(=S)NC/C(=C/[NH2+]c1cc(F)c(NCCNC(=O)Cc2cccc(O)c2)c(F)c1)N=N. The molecule has 2 aromatic carbocycles. The largest absolute Gasteiger partial charge is 0.508 e. The summed E-state index contributed by atoms with van der Waals surface area (Å²) in [4.78, 5) is 11.9. The molecule has 0 radical (unpaired) electrons. The second-order valence-electron chi connectivity index (χ2n) is 6.76. The van der Waals surface area contributed by atoms with Crippen LogP contribution in [0.4, 0.5) is 20.2 Å². The average Bonchev–Trinajstić information content (AvgIpc) is 2.77. The van der Waals surface area contributed by atoms with Gasteiger partial charge in [0.15, 0.2) is 11.6 Å². The van der Waals surface area contributed by atoms with Gasteiger partial charge in [0.25, 0.3) is 5.17 Å². The molecule has 33 heavy (non-hydrogen) atoms. The van der Waals surface area contributed by atoms with Gasteiger partial charge in [0.05, 0.1) is 20.1 Å². The summed E-state index contributed by atoms with van der Waals surface area (Å²) in [6.07, 6.45) is 1.51. The van der Waals surface area contributed by atoms with Crippen molar-refractivity contribution in [1.82, 2.24) is 10.6 Å². The molecule has 0 spiro atoms. The molecule has 0 unspecified atom stereocenters. The number of carbonyl (C=O) groups is 1. The molecule has 0 aromatic heterocycles. The number of amides is 1. The Bertz CT molecular complexity index is 1010. The number of thiocarbonyl (C=S) groups is 1. The quantitative estimate of drug-likeness (QED) is 0.126. The number of hydrogen-bond donors (Lipinski definition) is 6. The second kappa shape index (κ2) is 13.0. The van der Waals surface area contributed by atoms with Crippen LogP contribution in [0.3, 0.4) is 0 Å². The number of benzene rings is 2. The van der Waals surface area contributed by atoms with Gasteiger partial charge in [0.2, 0.25) is 5.91 Å². The van der Waals surface area contributed by atoms with E-state index >= 15 is 0 Å². The molecule has 0 atom stereocenters. The number of phenolic OH excluding ortho intramolecular Hbond substituents is 1. The third-order valence-corrected chi connectivity index (χ3v) is 4.61. The highest BCUT2D eigenvalue weighted by molar-refractivity contribution is 7.80. The highest BCUT2D eigenvalue weighted by Gasteiger charge is 2.13. The molecule has 7 N–H and O–H groups in total. The maximum absolute atomic E-state index is 14.4. The molecule has 9 nitrogen and oxygen atoms in total. The minimum Gasteiger partial charge on any atom is -0.508 e. The second-order valence-corrected chi connectivity index (χ2v) is 7.14. The Labute approximate surface area is 194 Å². The van der Waals surface area contributed by atoms with Crippen molar-refractivity contribution in [3.8, 4) is 5.75 Å². The number of halogens is 2. The van der Waals surface area contributed by atoms with Gasteiger partial charge in [-0.2, -0.15) is 5.11 Å². The Balaban J connectivity index is 1.85. The molecular formula is C21H25F2N6O3S+. The molecule has 2 aromatic rings. The van der Waals surface area contributed by atoms with Gasteiger partial charge in [-0.1, -0.05) is 12.1 Å². The minimum absolute atomic E-state index is 0.0706. The summed E-state index contributed by atoms with van der Waals surface area (Å²) in [7, 11) is 1.40. The van der Waals surface area contributed by atoms with E-state index in [1.165, 1.54) is 30.8 Å². The highest BCUT2D eigenvalue weighted by atomic mass is 32.1. The summed E-state index contributed by atoms with van der Waals surface area (Å²) in [5.41, 5.74) is 8.01. The predicted octanol–water partition coefficient (Wildman–Crippen LogP) is 2.03. The number of nitrogens with one attached hydrogen (secondary N) is 4. The number of nitrogens with two attached hydrogens (primary N) is 1.